The molecule has 2 saturated heterocycles. The topological polar surface area (TPSA) is 185 Å². The number of H-pyrrole nitrogens is 1. The van der Waals surface area contributed by atoms with E-state index >= 15 is 4.39 Å². The number of fused-ring (bicyclic) bond motifs is 2. The van der Waals surface area contributed by atoms with Gasteiger partial charge < -0.3 is 34.3 Å². The van der Waals surface area contributed by atoms with E-state index in [1.165, 1.54) is 60.6 Å². The zero-order valence-corrected chi connectivity index (χ0v) is 37.8. The van der Waals surface area contributed by atoms with E-state index in [4.69, 9.17) is 25.8 Å². The lowest BCUT2D eigenvalue weighted by molar-refractivity contribution is -0.384. The van der Waals surface area contributed by atoms with Gasteiger partial charge in [0.05, 0.1) is 59.2 Å². The van der Waals surface area contributed by atoms with Crippen LogP contribution in [0.3, 0.4) is 0 Å². The summed E-state index contributed by atoms with van der Waals surface area (Å²) in [5, 5.41) is 16.5. The van der Waals surface area contributed by atoms with E-state index in [2.05, 4.69) is 37.0 Å². The van der Waals surface area contributed by atoms with E-state index in [9.17, 15) is 23.3 Å². The Morgan fingerprint density at radius 1 is 0.985 bits per heavy atom. The van der Waals surface area contributed by atoms with Crippen LogP contribution in [0, 0.1) is 21.3 Å². The molecule has 2 aromatic heterocycles. The minimum atomic E-state index is -4.72. The van der Waals surface area contributed by atoms with Crippen LogP contribution in [0.4, 0.5) is 32.8 Å². The van der Waals surface area contributed by atoms with Crippen molar-refractivity contribution in [2.45, 2.75) is 49.5 Å². The fourth-order valence-corrected chi connectivity index (χ4v) is 11.1. The monoisotopic (exact) mass is 940 g/mol. The number of nitro groups is 1. The van der Waals surface area contributed by atoms with Crippen LogP contribution in [0.5, 0.6) is 5.88 Å². The second-order valence-corrected chi connectivity index (χ2v) is 19.8. The van der Waals surface area contributed by atoms with Gasteiger partial charge in [-0.05, 0) is 97.2 Å². The lowest BCUT2D eigenvalue weighted by Gasteiger charge is -2.47. The van der Waals surface area contributed by atoms with E-state index in [-0.39, 0.29) is 54.3 Å². The van der Waals surface area contributed by atoms with Crippen molar-refractivity contribution in [1.29, 1.82) is 0 Å². The molecule has 3 aromatic carbocycles. The van der Waals surface area contributed by atoms with Gasteiger partial charge in [-0.2, -0.15) is 4.98 Å². The molecule has 10 rings (SSSR count). The summed E-state index contributed by atoms with van der Waals surface area (Å²) in [7, 11) is -4.72. The first kappa shape index (κ1) is 44.1. The average Bonchev–Trinajstić information content (AvgIpc) is 3.78. The van der Waals surface area contributed by atoms with Crippen LogP contribution in [0.2, 0.25) is 5.02 Å². The number of halogens is 2. The van der Waals surface area contributed by atoms with E-state index in [1.54, 1.807) is 17.2 Å². The fourth-order valence-electron chi connectivity index (χ4n) is 9.99. The van der Waals surface area contributed by atoms with Crippen molar-refractivity contribution in [3.05, 3.63) is 111 Å². The third-order valence-corrected chi connectivity index (χ3v) is 15.3. The predicted molar refractivity (Wildman–Crippen MR) is 249 cm³/mol. The van der Waals surface area contributed by atoms with Gasteiger partial charge in [-0.3, -0.25) is 19.8 Å². The highest BCUT2D eigenvalue weighted by Crippen LogP contribution is 2.55. The molecule has 1 amide bonds. The van der Waals surface area contributed by atoms with Crippen molar-refractivity contribution in [3.63, 3.8) is 0 Å². The van der Waals surface area contributed by atoms with Crippen LogP contribution in [-0.4, -0.2) is 112 Å². The summed E-state index contributed by atoms with van der Waals surface area (Å²) >= 11 is 6.28. The standard InChI is InChI=1S/C47H50ClFN8O8S/c48-33-4-2-30(3-5-33)37-26-47(12-1-13-47)14-10-32(37)28-54-16-18-55(19-17-54)39-9-7-36(43(42(39)49)56-20-21-65-46-41(56)24-31-11-15-50-44(31)52-46)45(58)53-66(61,62)35-6-8-38(40(25-35)57(59)60)51-27-34-29-63-22-23-64-34/h2-9,11,15,24-25,34,51H,1,10,12-14,16-23,26-29H2,(H,50,52)(H,53,58). The molecule has 5 aliphatic rings. The van der Waals surface area contributed by atoms with Gasteiger partial charge in [-0.25, -0.2) is 17.5 Å². The molecule has 1 saturated carbocycles. The summed E-state index contributed by atoms with van der Waals surface area (Å²) < 4.78 is 64.3. The zero-order chi connectivity index (χ0) is 45.6. The van der Waals surface area contributed by atoms with Crippen molar-refractivity contribution in [3.8, 4) is 5.88 Å². The Hall–Kier alpha value is -5.79. The van der Waals surface area contributed by atoms with Crippen LogP contribution in [0.15, 0.2) is 83.4 Å². The number of carbonyl (C=O) groups is 1. The maximum atomic E-state index is 17.6. The summed E-state index contributed by atoms with van der Waals surface area (Å²) in [6, 6.07) is 18.0. The Kier molecular flexibility index (Phi) is 12.1. The first-order chi connectivity index (χ1) is 31.9. The Morgan fingerprint density at radius 3 is 2.55 bits per heavy atom. The van der Waals surface area contributed by atoms with Gasteiger partial charge in [-0.1, -0.05) is 35.7 Å². The van der Waals surface area contributed by atoms with E-state index in [1.807, 2.05) is 23.1 Å². The largest absolute Gasteiger partial charge is 0.474 e. The van der Waals surface area contributed by atoms with Gasteiger partial charge in [-0.15, -0.1) is 0 Å². The van der Waals surface area contributed by atoms with Gasteiger partial charge in [0.1, 0.15) is 23.6 Å². The van der Waals surface area contributed by atoms with Crippen LogP contribution in [-0.2, 0) is 19.5 Å². The molecule has 0 radical (unpaired) electrons. The maximum absolute atomic E-state index is 17.6. The van der Waals surface area contributed by atoms with Crippen LogP contribution in [0.25, 0.3) is 16.6 Å². The number of ether oxygens (including phenoxy) is 3. The number of aromatic nitrogens is 2. The number of aromatic amines is 1. The first-order valence-electron chi connectivity index (χ1n) is 22.4. The first-order valence-corrected chi connectivity index (χ1v) is 24.2. The van der Waals surface area contributed by atoms with Gasteiger partial charge in [0, 0.05) is 61.9 Å². The molecule has 66 heavy (non-hydrogen) atoms. The second-order valence-electron chi connectivity index (χ2n) is 17.7. The van der Waals surface area contributed by atoms with Gasteiger partial charge in [0.2, 0.25) is 5.88 Å². The van der Waals surface area contributed by atoms with Gasteiger partial charge in [0.15, 0.2) is 5.82 Å². The molecule has 19 heteroatoms. The average molecular weight is 941 g/mol. The maximum Gasteiger partial charge on any atom is 0.293 e. The van der Waals surface area contributed by atoms with E-state index in [0.717, 1.165) is 36.9 Å². The molecule has 3 fully saturated rings. The molecule has 3 N–H and O–H groups in total. The Labute approximate surface area is 386 Å². The van der Waals surface area contributed by atoms with Crippen molar-refractivity contribution in [1.82, 2.24) is 19.6 Å². The Bertz CT molecular complexity index is 2820. The number of nitro benzene ring substituents is 1. The SMILES string of the molecule is O=C(NS(=O)(=O)c1ccc(NCC2COCCO2)c([N+](=O)[O-])c1)c1ccc(N2CCN(CC3=C(c4ccc(Cl)cc4)CC4(CCC4)CC3)CC2)c(F)c1N1CCOc2nc3[nH]ccc3cc21. The smallest absolute Gasteiger partial charge is 0.293 e. The summed E-state index contributed by atoms with van der Waals surface area (Å²) in [5.74, 6) is -1.61. The number of carbonyl (C=O) groups excluding carboxylic acids is 1. The molecule has 1 spiro atoms. The molecule has 16 nitrogen and oxygen atoms in total. The van der Waals surface area contributed by atoms with Gasteiger partial charge in [0.25, 0.3) is 21.6 Å². The molecule has 5 heterocycles. The molecule has 1 atom stereocenters. The van der Waals surface area contributed by atoms with E-state index < -0.39 is 37.3 Å². The van der Waals surface area contributed by atoms with Crippen molar-refractivity contribution in [2.24, 2.45) is 5.41 Å². The second kappa shape index (κ2) is 18.1. The van der Waals surface area contributed by atoms with Crippen molar-refractivity contribution >= 4 is 72.6 Å². The molecule has 3 aliphatic heterocycles. The summed E-state index contributed by atoms with van der Waals surface area (Å²) in [5.41, 5.74) is 4.86. The molecule has 0 bridgehead atoms. The number of sulfonamides is 1. The molecule has 346 valence electrons. The van der Waals surface area contributed by atoms with Crippen LogP contribution >= 0.6 is 11.6 Å². The predicted octanol–water partition coefficient (Wildman–Crippen LogP) is 7.67. The number of anilines is 4. The lowest BCUT2D eigenvalue weighted by atomic mass is 9.59. The number of nitrogens with zero attached hydrogens (tertiary/aromatic N) is 5. The molecule has 2 aliphatic carbocycles. The molecular formula is C47H50ClFN8O8S. The quantitative estimate of drug-likeness (QED) is 0.0819. The highest BCUT2D eigenvalue weighted by atomic mass is 35.5. The third kappa shape index (κ3) is 8.79. The number of benzene rings is 3. The number of hydrogen-bond acceptors (Lipinski definition) is 13. The third-order valence-electron chi connectivity index (χ3n) is 13.7. The Balaban J connectivity index is 0.925. The number of rotatable bonds is 12. The normalized spacial score (nSPS) is 19.9. The van der Waals surface area contributed by atoms with Crippen molar-refractivity contribution < 1.29 is 36.7 Å². The molecule has 5 aromatic rings. The Morgan fingerprint density at radius 2 is 1.80 bits per heavy atom. The number of allylic oxidation sites excluding steroid dienone is 1. The molecular weight excluding hydrogens is 891 g/mol. The summed E-state index contributed by atoms with van der Waals surface area (Å²) in [4.78, 5) is 38.8. The fraction of sp³-hybridized carbons (Fsp3) is 0.404. The lowest BCUT2D eigenvalue weighted by Crippen LogP contribution is -2.47. The number of hydrogen-bond donors (Lipinski definition) is 3. The van der Waals surface area contributed by atoms with E-state index in [0.29, 0.717) is 67.8 Å². The van der Waals surface area contributed by atoms with Gasteiger partial charge >= 0.3 is 0 Å². The number of amides is 1. The van der Waals surface area contributed by atoms with Crippen LogP contribution in [0.1, 0.15) is 54.4 Å². The van der Waals surface area contributed by atoms with Crippen molar-refractivity contribution in [2.75, 3.05) is 87.4 Å². The number of piperazine rings is 1. The van der Waals surface area contributed by atoms with Crippen LogP contribution < -0.4 is 24.6 Å². The summed E-state index contributed by atoms with van der Waals surface area (Å²) in [6.07, 6.45) is 8.51. The minimum absolute atomic E-state index is 0.0620. The minimum Gasteiger partial charge on any atom is -0.474 e. The number of pyridine rings is 1. The highest BCUT2D eigenvalue weighted by Gasteiger charge is 2.41. The zero-order valence-electron chi connectivity index (χ0n) is 36.2. The summed E-state index contributed by atoms with van der Waals surface area (Å²) in [6.45, 7) is 4.75. The number of nitrogens with one attached hydrogen (secondary N) is 3. The highest BCUT2D eigenvalue weighted by molar-refractivity contribution is 7.90. The molecule has 1 unspecified atom stereocenters.